The Morgan fingerprint density at radius 1 is 1.56 bits per heavy atom. The minimum Gasteiger partial charge on any atom is -0.323 e. The van der Waals surface area contributed by atoms with E-state index < -0.39 is 0 Å². The van der Waals surface area contributed by atoms with Gasteiger partial charge in [0.05, 0.1) is 5.69 Å². The third kappa shape index (κ3) is 1.47. The highest BCUT2D eigenvalue weighted by atomic mass is 14.8. The maximum Gasteiger partial charge on any atom is 0.0751 e. The van der Waals surface area contributed by atoms with Crippen molar-refractivity contribution >= 4 is 0 Å². The van der Waals surface area contributed by atoms with Gasteiger partial charge in [-0.05, 0) is 6.92 Å². The number of nitrogens with two attached hydrogens (primary N) is 1. The van der Waals surface area contributed by atoms with E-state index in [1.165, 1.54) is 0 Å². The summed E-state index contributed by atoms with van der Waals surface area (Å²) in [5.74, 6) is 0. The summed E-state index contributed by atoms with van der Waals surface area (Å²) in [6.07, 6.45) is 4.94. The minimum absolute atomic E-state index is 0.0151. The molecule has 1 atom stereocenters. The fourth-order valence-corrected chi connectivity index (χ4v) is 0.546. The molecule has 2 N–H and O–H groups in total. The van der Waals surface area contributed by atoms with E-state index >= 15 is 0 Å². The summed E-state index contributed by atoms with van der Waals surface area (Å²) in [5, 5.41) is 0. The molecule has 0 aliphatic heterocycles. The van der Waals surface area contributed by atoms with Gasteiger partial charge in [0.15, 0.2) is 0 Å². The van der Waals surface area contributed by atoms with Crippen LogP contribution in [0.4, 0.5) is 0 Å². The molecule has 0 aromatic carbocycles. The van der Waals surface area contributed by atoms with Gasteiger partial charge in [-0.3, -0.25) is 9.97 Å². The van der Waals surface area contributed by atoms with Crippen molar-refractivity contribution in [3.8, 4) is 0 Å². The molecule has 1 aromatic heterocycles. The van der Waals surface area contributed by atoms with Gasteiger partial charge in [0.2, 0.25) is 0 Å². The van der Waals surface area contributed by atoms with Crippen LogP contribution in [0.15, 0.2) is 18.6 Å². The first-order valence-corrected chi connectivity index (χ1v) is 2.82. The van der Waals surface area contributed by atoms with E-state index in [9.17, 15) is 0 Å². The van der Waals surface area contributed by atoms with Crippen molar-refractivity contribution in [2.45, 2.75) is 13.0 Å². The van der Waals surface area contributed by atoms with Crippen molar-refractivity contribution in [3.63, 3.8) is 0 Å². The molecule has 0 aliphatic rings. The zero-order valence-corrected chi connectivity index (χ0v) is 5.28. The average molecular weight is 123 g/mol. The Morgan fingerprint density at radius 3 is 2.67 bits per heavy atom. The Morgan fingerprint density at radius 2 is 2.33 bits per heavy atom. The van der Waals surface area contributed by atoms with Gasteiger partial charge in [0, 0.05) is 24.6 Å². The van der Waals surface area contributed by atoms with Gasteiger partial charge in [0.1, 0.15) is 0 Å². The Balaban J connectivity index is 2.85. The van der Waals surface area contributed by atoms with Gasteiger partial charge in [-0.1, -0.05) is 0 Å². The second kappa shape index (κ2) is 2.55. The van der Waals surface area contributed by atoms with E-state index in [4.69, 9.17) is 5.73 Å². The van der Waals surface area contributed by atoms with E-state index in [2.05, 4.69) is 9.97 Å². The Kier molecular flexibility index (Phi) is 1.75. The first kappa shape index (κ1) is 6.16. The third-order valence-corrected chi connectivity index (χ3v) is 1.05. The van der Waals surface area contributed by atoms with Crippen LogP contribution >= 0.6 is 0 Å². The van der Waals surface area contributed by atoms with E-state index in [-0.39, 0.29) is 6.04 Å². The fraction of sp³-hybridized carbons (Fsp3) is 0.333. The molecule has 3 heteroatoms. The predicted octanol–water partition coefficient (Wildman–Crippen LogP) is 0.496. The topological polar surface area (TPSA) is 51.8 Å². The lowest BCUT2D eigenvalue weighted by Gasteiger charge is -1.99. The molecule has 9 heavy (non-hydrogen) atoms. The number of hydrogen-bond acceptors (Lipinski definition) is 3. The van der Waals surface area contributed by atoms with Crippen molar-refractivity contribution in [3.05, 3.63) is 24.3 Å². The monoisotopic (exact) mass is 123 g/mol. The van der Waals surface area contributed by atoms with Crippen molar-refractivity contribution in [1.82, 2.24) is 9.97 Å². The van der Waals surface area contributed by atoms with Gasteiger partial charge >= 0.3 is 0 Å². The molecule has 48 valence electrons. The van der Waals surface area contributed by atoms with Crippen molar-refractivity contribution in [2.24, 2.45) is 5.73 Å². The Bertz CT molecular complexity index is 171. The number of hydrogen-bond donors (Lipinski definition) is 1. The molecule has 1 rings (SSSR count). The van der Waals surface area contributed by atoms with Crippen LogP contribution in [0.2, 0.25) is 0 Å². The molecular weight excluding hydrogens is 114 g/mol. The zero-order valence-electron chi connectivity index (χ0n) is 5.28. The summed E-state index contributed by atoms with van der Waals surface area (Å²) in [4.78, 5) is 7.85. The summed E-state index contributed by atoms with van der Waals surface area (Å²) in [5.41, 5.74) is 6.34. The SMILES string of the molecule is C[C@H](N)c1cnccn1. The smallest absolute Gasteiger partial charge is 0.0751 e. The quantitative estimate of drug-likeness (QED) is 0.591. The molecule has 0 fully saturated rings. The van der Waals surface area contributed by atoms with Crippen molar-refractivity contribution in [1.29, 1.82) is 0 Å². The van der Waals surface area contributed by atoms with Gasteiger partial charge in [-0.2, -0.15) is 0 Å². The van der Waals surface area contributed by atoms with Crippen LogP contribution in [-0.2, 0) is 0 Å². The number of nitrogens with zero attached hydrogens (tertiary/aromatic N) is 2. The molecule has 0 saturated carbocycles. The summed E-state index contributed by atoms with van der Waals surface area (Å²) in [6.45, 7) is 1.88. The van der Waals surface area contributed by atoms with Crippen LogP contribution in [0.3, 0.4) is 0 Å². The zero-order chi connectivity index (χ0) is 6.69. The second-order valence-corrected chi connectivity index (χ2v) is 1.92. The van der Waals surface area contributed by atoms with Gasteiger partial charge in [-0.25, -0.2) is 0 Å². The van der Waals surface area contributed by atoms with E-state index in [1.807, 2.05) is 6.92 Å². The van der Waals surface area contributed by atoms with Crippen LogP contribution in [-0.4, -0.2) is 9.97 Å². The summed E-state index contributed by atoms with van der Waals surface area (Å²) >= 11 is 0. The predicted molar refractivity (Wildman–Crippen MR) is 34.6 cm³/mol. The van der Waals surface area contributed by atoms with E-state index in [1.54, 1.807) is 18.6 Å². The highest BCUT2D eigenvalue weighted by molar-refractivity contribution is 4.98. The maximum atomic E-state index is 5.51. The largest absolute Gasteiger partial charge is 0.323 e. The number of rotatable bonds is 1. The minimum atomic E-state index is -0.0151. The first-order valence-electron chi connectivity index (χ1n) is 2.82. The molecule has 3 nitrogen and oxygen atoms in total. The van der Waals surface area contributed by atoms with Gasteiger partial charge in [-0.15, -0.1) is 0 Å². The van der Waals surface area contributed by atoms with E-state index in [0.717, 1.165) is 5.69 Å². The first-order chi connectivity index (χ1) is 4.30. The average Bonchev–Trinajstić information content (AvgIpc) is 1.90. The molecule has 0 spiro atoms. The van der Waals surface area contributed by atoms with Crippen LogP contribution in [0.25, 0.3) is 0 Å². The number of aromatic nitrogens is 2. The molecule has 0 aliphatic carbocycles. The third-order valence-electron chi connectivity index (χ3n) is 1.05. The Labute approximate surface area is 53.9 Å². The molecule has 1 heterocycles. The lowest BCUT2D eigenvalue weighted by Crippen LogP contribution is -2.06. The molecule has 0 radical (unpaired) electrons. The molecular formula is C6H9N3. The highest BCUT2D eigenvalue weighted by Gasteiger charge is 1.96. The van der Waals surface area contributed by atoms with Crippen molar-refractivity contribution in [2.75, 3.05) is 0 Å². The fourth-order valence-electron chi connectivity index (χ4n) is 0.546. The highest BCUT2D eigenvalue weighted by Crippen LogP contribution is 2.00. The lowest BCUT2D eigenvalue weighted by atomic mass is 10.3. The molecule has 0 unspecified atom stereocenters. The van der Waals surface area contributed by atoms with E-state index in [0.29, 0.717) is 0 Å². The van der Waals surface area contributed by atoms with Gasteiger partial charge in [0.25, 0.3) is 0 Å². The summed E-state index contributed by atoms with van der Waals surface area (Å²) < 4.78 is 0. The van der Waals surface area contributed by atoms with Crippen LogP contribution in [0.5, 0.6) is 0 Å². The molecule has 0 amide bonds. The normalized spacial score (nSPS) is 13.1. The lowest BCUT2D eigenvalue weighted by molar-refractivity contribution is 0.772. The maximum absolute atomic E-state index is 5.51. The van der Waals surface area contributed by atoms with Crippen LogP contribution < -0.4 is 5.73 Å². The molecule has 0 bridgehead atoms. The van der Waals surface area contributed by atoms with Crippen LogP contribution in [0.1, 0.15) is 18.7 Å². The summed E-state index contributed by atoms with van der Waals surface area (Å²) in [7, 11) is 0. The summed E-state index contributed by atoms with van der Waals surface area (Å²) in [6, 6.07) is -0.0151. The molecule has 1 aromatic rings. The molecule has 0 saturated heterocycles. The van der Waals surface area contributed by atoms with Gasteiger partial charge < -0.3 is 5.73 Å². The second-order valence-electron chi connectivity index (χ2n) is 1.92. The standard InChI is InChI=1S/C6H9N3/c1-5(7)6-4-8-2-3-9-6/h2-5H,7H2,1H3/t5-/m0/s1. The van der Waals surface area contributed by atoms with Crippen LogP contribution in [0, 0.1) is 0 Å². The van der Waals surface area contributed by atoms with Crippen molar-refractivity contribution < 1.29 is 0 Å². The Hall–Kier alpha value is -0.960.